The number of hydrogen-bond acceptors (Lipinski definition) is 0. The van der Waals surface area contributed by atoms with Crippen molar-refractivity contribution in [1.29, 1.82) is 0 Å². The lowest BCUT2D eigenvalue weighted by atomic mass is 9.83. The van der Waals surface area contributed by atoms with E-state index in [-0.39, 0.29) is 0 Å². The van der Waals surface area contributed by atoms with E-state index in [9.17, 15) is 0 Å². The number of rotatable bonds is 7. The van der Waals surface area contributed by atoms with Gasteiger partial charge in [-0.25, -0.2) is 0 Å². The van der Waals surface area contributed by atoms with Crippen molar-refractivity contribution >= 4 is 0 Å². The van der Waals surface area contributed by atoms with Crippen LogP contribution in [0.25, 0.3) is 11.1 Å². The van der Waals surface area contributed by atoms with E-state index in [0.717, 1.165) is 5.92 Å². The second kappa shape index (κ2) is 7.13. The predicted molar refractivity (Wildman–Crippen MR) is 96.3 cm³/mol. The van der Waals surface area contributed by atoms with Crippen LogP contribution in [0.4, 0.5) is 0 Å². The van der Waals surface area contributed by atoms with Crippen molar-refractivity contribution in [2.45, 2.75) is 58.3 Å². The SMILES string of the molecule is CCCCC(CCC)CC1c2ccccc2-c2ccccc21. The minimum absolute atomic E-state index is 0.612. The van der Waals surface area contributed by atoms with Crippen molar-refractivity contribution in [1.82, 2.24) is 0 Å². The Morgan fingerprint density at radius 2 is 1.36 bits per heavy atom. The predicted octanol–water partition coefficient (Wildman–Crippen LogP) is 6.80. The highest BCUT2D eigenvalue weighted by Gasteiger charge is 2.29. The summed E-state index contributed by atoms with van der Waals surface area (Å²) >= 11 is 0. The summed E-state index contributed by atoms with van der Waals surface area (Å²) < 4.78 is 0. The van der Waals surface area contributed by atoms with Crippen LogP contribution in [0.2, 0.25) is 0 Å². The average molecular weight is 292 g/mol. The maximum Gasteiger partial charge on any atom is 0.0104 e. The molecule has 0 heteroatoms. The van der Waals surface area contributed by atoms with Crippen LogP contribution in [0.5, 0.6) is 0 Å². The Labute approximate surface area is 135 Å². The van der Waals surface area contributed by atoms with Crippen molar-refractivity contribution in [3.8, 4) is 11.1 Å². The molecule has 22 heavy (non-hydrogen) atoms. The van der Waals surface area contributed by atoms with Crippen LogP contribution in [0.1, 0.15) is 69.4 Å². The Hall–Kier alpha value is -1.56. The van der Waals surface area contributed by atoms with Crippen molar-refractivity contribution in [3.63, 3.8) is 0 Å². The van der Waals surface area contributed by atoms with E-state index in [0.29, 0.717) is 5.92 Å². The smallest absolute Gasteiger partial charge is 0.0104 e. The molecule has 0 saturated heterocycles. The van der Waals surface area contributed by atoms with Crippen LogP contribution >= 0.6 is 0 Å². The van der Waals surface area contributed by atoms with E-state index in [2.05, 4.69) is 62.4 Å². The largest absolute Gasteiger partial charge is 0.0654 e. The third kappa shape index (κ3) is 2.97. The first kappa shape index (κ1) is 15.3. The number of fused-ring (bicyclic) bond motifs is 3. The third-order valence-electron chi connectivity index (χ3n) is 5.19. The molecule has 0 aliphatic heterocycles. The first-order valence-electron chi connectivity index (χ1n) is 9.03. The van der Waals surface area contributed by atoms with Gasteiger partial charge in [0.1, 0.15) is 0 Å². The molecule has 0 radical (unpaired) electrons. The van der Waals surface area contributed by atoms with Gasteiger partial charge in [-0.1, -0.05) is 94.5 Å². The molecule has 116 valence electrons. The molecule has 0 N–H and O–H groups in total. The molecule has 0 nitrogen and oxygen atoms in total. The molecule has 0 fully saturated rings. The van der Waals surface area contributed by atoms with E-state index in [1.54, 1.807) is 11.1 Å². The number of hydrogen-bond donors (Lipinski definition) is 0. The number of unbranched alkanes of at least 4 members (excludes halogenated alkanes) is 1. The molecule has 1 unspecified atom stereocenters. The van der Waals surface area contributed by atoms with Crippen LogP contribution in [0, 0.1) is 5.92 Å². The lowest BCUT2D eigenvalue weighted by Crippen LogP contribution is -2.07. The summed E-state index contributed by atoms with van der Waals surface area (Å²) in [5.74, 6) is 1.48. The molecule has 0 spiro atoms. The summed E-state index contributed by atoms with van der Waals surface area (Å²) in [5, 5.41) is 0. The van der Waals surface area contributed by atoms with Gasteiger partial charge < -0.3 is 0 Å². The Bertz CT molecular complexity index is 565. The molecule has 3 rings (SSSR count). The summed E-state index contributed by atoms with van der Waals surface area (Å²) in [4.78, 5) is 0. The Kier molecular flexibility index (Phi) is 4.97. The van der Waals surface area contributed by atoms with Gasteiger partial charge in [-0.2, -0.15) is 0 Å². The monoisotopic (exact) mass is 292 g/mol. The van der Waals surface area contributed by atoms with E-state index in [1.807, 2.05) is 0 Å². The molecule has 1 atom stereocenters. The van der Waals surface area contributed by atoms with E-state index >= 15 is 0 Å². The normalized spacial score (nSPS) is 14.6. The topological polar surface area (TPSA) is 0 Å². The molecular weight excluding hydrogens is 264 g/mol. The zero-order valence-electron chi connectivity index (χ0n) is 14.0. The average Bonchev–Trinajstić information content (AvgIpc) is 2.87. The molecule has 1 aliphatic rings. The maximum absolute atomic E-state index is 2.35. The molecule has 0 aromatic heterocycles. The van der Waals surface area contributed by atoms with Gasteiger partial charge >= 0.3 is 0 Å². The van der Waals surface area contributed by atoms with Gasteiger partial charge in [-0.05, 0) is 34.6 Å². The summed E-state index contributed by atoms with van der Waals surface area (Å²) in [6, 6.07) is 18.1. The number of benzene rings is 2. The second-order valence-corrected chi connectivity index (χ2v) is 6.76. The maximum atomic E-state index is 2.35. The molecule has 0 saturated carbocycles. The van der Waals surface area contributed by atoms with E-state index in [4.69, 9.17) is 0 Å². The Morgan fingerprint density at radius 1 is 0.773 bits per heavy atom. The standard InChI is InChI=1S/C22H28/c1-3-5-11-17(10-4-2)16-22-20-14-8-6-12-18(20)19-13-7-9-15-21(19)22/h6-9,12-15,17,22H,3-5,10-11,16H2,1-2H3. The quantitative estimate of drug-likeness (QED) is 0.526. The fourth-order valence-corrected chi connectivity index (χ4v) is 4.13. The van der Waals surface area contributed by atoms with Gasteiger partial charge in [0.25, 0.3) is 0 Å². The third-order valence-corrected chi connectivity index (χ3v) is 5.19. The minimum atomic E-state index is 0.612. The lowest BCUT2D eigenvalue weighted by molar-refractivity contribution is 0.387. The van der Waals surface area contributed by atoms with Gasteiger partial charge in [0, 0.05) is 5.92 Å². The van der Waals surface area contributed by atoms with Gasteiger partial charge in [0.15, 0.2) is 0 Å². The zero-order chi connectivity index (χ0) is 15.4. The highest BCUT2D eigenvalue weighted by molar-refractivity contribution is 5.78. The van der Waals surface area contributed by atoms with Crippen LogP contribution in [0.3, 0.4) is 0 Å². The van der Waals surface area contributed by atoms with Crippen LogP contribution < -0.4 is 0 Å². The van der Waals surface area contributed by atoms with Gasteiger partial charge in [0.2, 0.25) is 0 Å². The molecule has 2 aromatic rings. The summed E-state index contributed by atoms with van der Waals surface area (Å²) in [6.45, 7) is 4.64. The zero-order valence-corrected chi connectivity index (χ0v) is 14.0. The first-order valence-corrected chi connectivity index (χ1v) is 9.03. The molecule has 2 aromatic carbocycles. The van der Waals surface area contributed by atoms with Crippen LogP contribution in [-0.2, 0) is 0 Å². The molecule has 0 amide bonds. The van der Waals surface area contributed by atoms with Crippen LogP contribution in [-0.4, -0.2) is 0 Å². The minimum Gasteiger partial charge on any atom is -0.0654 e. The van der Waals surface area contributed by atoms with Gasteiger partial charge in [0.05, 0.1) is 0 Å². The Balaban J connectivity index is 1.89. The molecule has 0 bridgehead atoms. The van der Waals surface area contributed by atoms with Gasteiger partial charge in [-0.15, -0.1) is 0 Å². The van der Waals surface area contributed by atoms with E-state index in [1.165, 1.54) is 49.7 Å². The first-order chi connectivity index (χ1) is 10.8. The highest BCUT2D eigenvalue weighted by atomic mass is 14.3. The summed E-state index contributed by atoms with van der Waals surface area (Å²) in [5.41, 5.74) is 6.05. The summed E-state index contributed by atoms with van der Waals surface area (Å²) in [6.07, 6.45) is 8.09. The van der Waals surface area contributed by atoms with Crippen molar-refractivity contribution < 1.29 is 0 Å². The highest BCUT2D eigenvalue weighted by Crippen LogP contribution is 2.48. The second-order valence-electron chi connectivity index (χ2n) is 6.76. The molecule has 0 heterocycles. The van der Waals surface area contributed by atoms with Crippen LogP contribution in [0.15, 0.2) is 48.5 Å². The molecular formula is C22H28. The molecule has 1 aliphatic carbocycles. The summed E-state index contributed by atoms with van der Waals surface area (Å²) in [7, 11) is 0. The van der Waals surface area contributed by atoms with Crippen molar-refractivity contribution in [2.75, 3.05) is 0 Å². The van der Waals surface area contributed by atoms with Gasteiger partial charge in [-0.3, -0.25) is 0 Å². The van der Waals surface area contributed by atoms with E-state index < -0.39 is 0 Å². The lowest BCUT2D eigenvalue weighted by Gasteiger charge is -2.22. The fourth-order valence-electron chi connectivity index (χ4n) is 4.13. The Morgan fingerprint density at radius 3 is 1.91 bits per heavy atom. The van der Waals surface area contributed by atoms with Crippen molar-refractivity contribution in [3.05, 3.63) is 59.7 Å². The van der Waals surface area contributed by atoms with Crippen molar-refractivity contribution in [2.24, 2.45) is 5.92 Å². The fraction of sp³-hybridized carbons (Fsp3) is 0.455.